The molecule has 12 heteroatoms. The Morgan fingerprint density at radius 1 is 1.10 bits per heavy atom. The first kappa shape index (κ1) is 27.6. The van der Waals surface area contributed by atoms with Gasteiger partial charge < -0.3 is 15.4 Å². The molecule has 2 heterocycles. The molecule has 3 aromatic carbocycles. The zero-order chi connectivity index (χ0) is 27.0. The molecular formula is C27H25ClN6O4S. The van der Waals surface area contributed by atoms with Crippen LogP contribution < -0.4 is 10.0 Å². The number of nitrogens with one attached hydrogen (secondary N) is 1. The molecule has 0 bridgehead atoms. The van der Waals surface area contributed by atoms with Gasteiger partial charge in [0.1, 0.15) is 18.2 Å². The van der Waals surface area contributed by atoms with E-state index in [1.165, 1.54) is 12.3 Å². The minimum atomic E-state index is -4.24. The summed E-state index contributed by atoms with van der Waals surface area (Å²) in [6.07, 6.45) is 3.56. The topological polar surface area (TPSA) is 155 Å². The first-order valence-corrected chi connectivity index (χ1v) is 13.0. The minimum Gasteiger partial charge on any atom is -0.480 e. The first-order chi connectivity index (χ1) is 18.1. The van der Waals surface area contributed by atoms with Crippen LogP contribution in [0.2, 0.25) is 0 Å². The number of nitrogens with zero attached hydrogens (tertiary/aromatic N) is 4. The fraction of sp³-hybridized carbons (Fsp3) is 0.111. The molecular weight excluding hydrogens is 540 g/mol. The normalized spacial score (nSPS) is 11.3. The number of amidine groups is 1. The van der Waals surface area contributed by atoms with E-state index >= 15 is 0 Å². The number of aromatic nitrogens is 3. The number of hydrogen-bond donors (Lipinski definition) is 3. The lowest BCUT2D eigenvalue weighted by Crippen LogP contribution is -2.35. The molecule has 5 aromatic rings. The Kier molecular flexibility index (Phi) is 7.57. The van der Waals surface area contributed by atoms with Crippen LogP contribution in [0.25, 0.3) is 21.8 Å². The predicted octanol–water partition coefficient (Wildman–Crippen LogP) is 3.70. The second kappa shape index (κ2) is 10.7. The van der Waals surface area contributed by atoms with Crippen molar-refractivity contribution in [1.29, 1.82) is 5.41 Å². The zero-order valence-corrected chi connectivity index (χ0v) is 22.4. The summed E-state index contributed by atoms with van der Waals surface area (Å²) in [7, 11) is -2.38. The number of aliphatic carboxylic acids is 1. The number of anilines is 1. The standard InChI is InChI=1S/C27H24N6O4S.ClH/c1-32-23-10-9-20(14-22(23)31-25(32)13-17-5-7-18(8-6-17)27(28)29)33(16-26(34)35)38(36,37)24-4-2-3-19-15-30-12-11-21(19)24;/h2-12,14-15H,13,16H2,1H3,(H3,28,29)(H,34,35);1H. The zero-order valence-electron chi connectivity index (χ0n) is 20.8. The Labute approximate surface area is 230 Å². The maximum atomic E-state index is 13.8. The van der Waals surface area contributed by atoms with Crippen LogP contribution in [0.3, 0.4) is 0 Å². The Balaban J connectivity index is 0.00000353. The number of imidazole rings is 1. The number of pyridine rings is 1. The van der Waals surface area contributed by atoms with Gasteiger partial charge in [-0.1, -0.05) is 36.4 Å². The van der Waals surface area contributed by atoms with Gasteiger partial charge >= 0.3 is 5.97 Å². The number of fused-ring (bicyclic) bond motifs is 2. The smallest absolute Gasteiger partial charge is 0.324 e. The Morgan fingerprint density at radius 3 is 2.54 bits per heavy atom. The molecule has 2 aromatic heterocycles. The molecule has 0 amide bonds. The number of hydrogen-bond acceptors (Lipinski definition) is 6. The number of benzene rings is 3. The number of nitrogen functional groups attached to an aromatic ring is 1. The van der Waals surface area contributed by atoms with Crippen molar-refractivity contribution in [3.63, 3.8) is 0 Å². The number of aryl methyl sites for hydroxylation is 1. The average Bonchev–Trinajstić information content (AvgIpc) is 3.21. The number of sulfonamides is 1. The molecule has 200 valence electrons. The monoisotopic (exact) mass is 564 g/mol. The number of carboxylic acids is 1. The molecule has 0 aliphatic rings. The molecule has 5 rings (SSSR count). The quantitative estimate of drug-likeness (QED) is 0.192. The van der Waals surface area contributed by atoms with Crippen LogP contribution >= 0.6 is 12.4 Å². The van der Waals surface area contributed by atoms with Crippen molar-refractivity contribution in [3.8, 4) is 0 Å². The van der Waals surface area contributed by atoms with Gasteiger partial charge in [-0.2, -0.15) is 0 Å². The number of nitrogens with two attached hydrogens (primary N) is 1. The molecule has 0 aliphatic carbocycles. The van der Waals surface area contributed by atoms with Crippen molar-refractivity contribution in [2.45, 2.75) is 11.3 Å². The summed E-state index contributed by atoms with van der Waals surface area (Å²) in [5, 5.41) is 18.2. The molecule has 4 N–H and O–H groups in total. The van der Waals surface area contributed by atoms with Gasteiger partial charge in [0.15, 0.2) is 0 Å². The third-order valence-corrected chi connectivity index (χ3v) is 8.19. The van der Waals surface area contributed by atoms with E-state index in [1.54, 1.807) is 54.7 Å². The van der Waals surface area contributed by atoms with Crippen LogP contribution in [0.4, 0.5) is 5.69 Å². The summed E-state index contributed by atoms with van der Waals surface area (Å²) >= 11 is 0. The Bertz CT molecular complexity index is 1810. The van der Waals surface area contributed by atoms with Crippen LogP contribution in [0.5, 0.6) is 0 Å². The van der Waals surface area contributed by atoms with Crippen LogP contribution in [-0.2, 0) is 28.3 Å². The molecule has 0 atom stereocenters. The van der Waals surface area contributed by atoms with Crippen LogP contribution in [0.1, 0.15) is 17.0 Å². The van der Waals surface area contributed by atoms with Gasteiger partial charge in [-0.05, 0) is 35.9 Å². The van der Waals surface area contributed by atoms with Gasteiger partial charge in [0.25, 0.3) is 10.0 Å². The summed E-state index contributed by atoms with van der Waals surface area (Å²) in [4.78, 5) is 20.5. The highest BCUT2D eigenvalue weighted by molar-refractivity contribution is 7.93. The van der Waals surface area contributed by atoms with Gasteiger partial charge in [-0.15, -0.1) is 12.4 Å². The lowest BCUT2D eigenvalue weighted by atomic mass is 10.1. The molecule has 0 saturated heterocycles. The number of carboxylic acid groups (broad SMARTS) is 1. The highest BCUT2D eigenvalue weighted by atomic mass is 35.5. The molecule has 0 radical (unpaired) electrons. The summed E-state index contributed by atoms with van der Waals surface area (Å²) in [5.74, 6) is -0.555. The summed E-state index contributed by atoms with van der Waals surface area (Å²) in [5.41, 5.74) is 8.63. The van der Waals surface area contributed by atoms with Crippen molar-refractivity contribution in [2.24, 2.45) is 12.8 Å². The number of carbonyl (C=O) groups is 1. The van der Waals surface area contributed by atoms with E-state index < -0.39 is 22.5 Å². The second-order valence-corrected chi connectivity index (χ2v) is 10.6. The second-order valence-electron chi connectivity index (χ2n) is 8.81. The lowest BCUT2D eigenvalue weighted by Gasteiger charge is -2.23. The molecule has 0 spiro atoms. The predicted molar refractivity (Wildman–Crippen MR) is 152 cm³/mol. The number of rotatable bonds is 8. The molecule has 39 heavy (non-hydrogen) atoms. The highest BCUT2D eigenvalue weighted by Gasteiger charge is 2.29. The Morgan fingerprint density at radius 2 is 1.85 bits per heavy atom. The van der Waals surface area contributed by atoms with Crippen molar-refractivity contribution >= 4 is 61.7 Å². The van der Waals surface area contributed by atoms with Crippen LogP contribution in [0, 0.1) is 5.41 Å². The summed E-state index contributed by atoms with van der Waals surface area (Å²) in [6.45, 7) is -0.752. The maximum absolute atomic E-state index is 13.8. The van der Waals surface area contributed by atoms with E-state index in [0.717, 1.165) is 21.2 Å². The van der Waals surface area contributed by atoms with E-state index in [4.69, 9.17) is 16.1 Å². The van der Waals surface area contributed by atoms with Gasteiger partial charge in [-0.3, -0.25) is 19.5 Å². The Hall–Kier alpha value is -4.48. The van der Waals surface area contributed by atoms with Crippen molar-refractivity contribution in [2.75, 3.05) is 10.8 Å². The van der Waals surface area contributed by atoms with Gasteiger partial charge in [0.2, 0.25) is 0 Å². The maximum Gasteiger partial charge on any atom is 0.324 e. The highest BCUT2D eigenvalue weighted by Crippen LogP contribution is 2.31. The number of halogens is 1. The first-order valence-electron chi connectivity index (χ1n) is 11.6. The fourth-order valence-corrected chi connectivity index (χ4v) is 6.03. The third-order valence-electron chi connectivity index (χ3n) is 6.36. The molecule has 10 nitrogen and oxygen atoms in total. The van der Waals surface area contributed by atoms with Gasteiger partial charge in [-0.25, -0.2) is 13.4 Å². The van der Waals surface area contributed by atoms with Crippen LogP contribution in [-0.4, -0.2) is 46.4 Å². The molecule has 0 saturated carbocycles. The van der Waals surface area contributed by atoms with E-state index in [9.17, 15) is 18.3 Å². The fourth-order valence-electron chi connectivity index (χ4n) is 4.41. The SMILES string of the molecule is Cl.Cn1c(Cc2ccc(C(=N)N)cc2)nc2cc(N(CC(=O)O)S(=O)(=O)c3cccc4cnccc34)ccc21. The minimum absolute atomic E-state index is 0. The van der Waals surface area contributed by atoms with Crippen molar-refractivity contribution < 1.29 is 18.3 Å². The van der Waals surface area contributed by atoms with E-state index in [-0.39, 0.29) is 28.8 Å². The molecule has 0 aliphatic heterocycles. The molecule has 0 unspecified atom stereocenters. The average molecular weight is 565 g/mol. The van der Waals surface area contributed by atoms with E-state index in [2.05, 4.69) is 4.98 Å². The van der Waals surface area contributed by atoms with E-state index in [1.807, 2.05) is 23.7 Å². The van der Waals surface area contributed by atoms with Gasteiger partial charge in [0, 0.05) is 42.2 Å². The molecule has 0 fully saturated rings. The van der Waals surface area contributed by atoms with Crippen molar-refractivity contribution in [3.05, 3.63) is 96.1 Å². The summed E-state index contributed by atoms with van der Waals surface area (Å²) in [6, 6.07) is 18.6. The lowest BCUT2D eigenvalue weighted by molar-refractivity contribution is -0.135. The van der Waals surface area contributed by atoms with Crippen molar-refractivity contribution in [1.82, 2.24) is 14.5 Å². The largest absolute Gasteiger partial charge is 0.480 e. The summed E-state index contributed by atoms with van der Waals surface area (Å²) < 4.78 is 30.4. The van der Waals surface area contributed by atoms with Gasteiger partial charge in [0.05, 0.1) is 21.6 Å². The van der Waals surface area contributed by atoms with E-state index in [0.29, 0.717) is 28.3 Å². The van der Waals surface area contributed by atoms with Crippen LogP contribution in [0.15, 0.2) is 84.0 Å². The third kappa shape index (κ3) is 5.27.